The third-order valence-corrected chi connectivity index (χ3v) is 8.40. The molecule has 2 atom stereocenters. The second-order valence-corrected chi connectivity index (χ2v) is 10.8. The number of benzene rings is 2. The van der Waals surface area contributed by atoms with E-state index in [1.165, 1.54) is 35.8 Å². The Morgan fingerprint density at radius 3 is 2.57 bits per heavy atom. The number of thioether (sulfide) groups is 1. The molecule has 0 radical (unpaired) electrons. The van der Waals surface area contributed by atoms with E-state index in [1.54, 1.807) is 0 Å². The maximum atomic E-state index is 12.9. The van der Waals surface area contributed by atoms with Crippen molar-refractivity contribution in [1.29, 1.82) is 0 Å². The van der Waals surface area contributed by atoms with Gasteiger partial charge in [-0.25, -0.2) is 4.79 Å². The number of nitrogens with zero attached hydrogens (tertiary/aromatic N) is 3. The monoisotopic (exact) mass is 532 g/mol. The summed E-state index contributed by atoms with van der Waals surface area (Å²) >= 11 is 2.67. The maximum Gasteiger partial charge on any atom is 0.341 e. The molecule has 4 aromatic rings. The molecule has 2 unspecified atom stereocenters. The fourth-order valence-corrected chi connectivity index (χ4v) is 6.30. The van der Waals surface area contributed by atoms with Crippen molar-refractivity contribution in [2.24, 2.45) is 0 Å². The third kappa shape index (κ3) is 5.33. The lowest BCUT2D eigenvalue weighted by molar-refractivity contribution is -0.113. The van der Waals surface area contributed by atoms with Gasteiger partial charge in [0.15, 0.2) is 5.16 Å². The second kappa shape index (κ2) is 10.9. The minimum Gasteiger partial charge on any atom is -0.465 e. The van der Waals surface area contributed by atoms with Crippen LogP contribution in [0.25, 0.3) is 11.1 Å². The fourth-order valence-electron chi connectivity index (χ4n) is 4.52. The van der Waals surface area contributed by atoms with E-state index >= 15 is 0 Å². The molecular weight excluding hydrogens is 504 g/mol. The molecule has 1 saturated carbocycles. The van der Waals surface area contributed by atoms with Crippen LogP contribution >= 0.6 is 23.1 Å². The lowest BCUT2D eigenvalue weighted by Crippen LogP contribution is -2.16. The normalized spacial score (nSPS) is 16.4. The highest BCUT2D eigenvalue weighted by Crippen LogP contribution is 2.54. The zero-order chi connectivity index (χ0) is 25.9. The number of hydrogen-bond donors (Lipinski definition) is 1. The molecule has 0 bridgehead atoms. The first-order valence-corrected chi connectivity index (χ1v) is 14.0. The van der Waals surface area contributed by atoms with Crippen molar-refractivity contribution >= 4 is 40.0 Å². The van der Waals surface area contributed by atoms with Crippen LogP contribution in [0.1, 0.15) is 52.5 Å². The lowest BCUT2D eigenvalue weighted by atomic mass is 10.0. The van der Waals surface area contributed by atoms with Crippen molar-refractivity contribution in [3.63, 3.8) is 0 Å². The van der Waals surface area contributed by atoms with Crippen LogP contribution in [-0.4, -0.2) is 39.5 Å². The Labute approximate surface area is 224 Å². The highest BCUT2D eigenvalue weighted by molar-refractivity contribution is 7.99. The first-order chi connectivity index (χ1) is 18.0. The van der Waals surface area contributed by atoms with E-state index in [4.69, 9.17) is 4.74 Å². The zero-order valence-electron chi connectivity index (χ0n) is 20.9. The Kier molecular flexibility index (Phi) is 7.43. The van der Waals surface area contributed by atoms with Gasteiger partial charge >= 0.3 is 5.97 Å². The number of rotatable bonds is 9. The molecular formula is C28H28N4O3S2. The van der Waals surface area contributed by atoms with Crippen LogP contribution in [0.15, 0.2) is 65.1 Å². The molecule has 2 heterocycles. The van der Waals surface area contributed by atoms with E-state index in [-0.39, 0.29) is 11.7 Å². The summed E-state index contributed by atoms with van der Waals surface area (Å²) in [6, 6.07) is 18.4. The first-order valence-electron chi connectivity index (χ1n) is 12.2. The highest BCUT2D eigenvalue weighted by Gasteiger charge is 2.43. The van der Waals surface area contributed by atoms with Gasteiger partial charge in [-0.1, -0.05) is 71.9 Å². The van der Waals surface area contributed by atoms with Crippen LogP contribution in [0.4, 0.5) is 5.00 Å². The number of amides is 1. The number of nitrogens with one attached hydrogen (secondary N) is 1. The quantitative estimate of drug-likeness (QED) is 0.206. The molecule has 9 heteroatoms. The molecule has 1 aliphatic carbocycles. The van der Waals surface area contributed by atoms with E-state index in [1.807, 2.05) is 42.6 Å². The summed E-state index contributed by atoms with van der Waals surface area (Å²) in [6.07, 6.45) is 1.06. The number of carbonyl (C=O) groups is 2. The van der Waals surface area contributed by atoms with Crippen LogP contribution in [0.5, 0.6) is 0 Å². The van der Waals surface area contributed by atoms with E-state index < -0.39 is 5.97 Å². The Bertz CT molecular complexity index is 1410. The average molecular weight is 533 g/mol. The average Bonchev–Trinajstić information content (AvgIpc) is 3.44. The molecule has 7 nitrogen and oxygen atoms in total. The summed E-state index contributed by atoms with van der Waals surface area (Å²) in [7, 11) is 1.34. The van der Waals surface area contributed by atoms with Crippen LogP contribution in [0.2, 0.25) is 0 Å². The molecule has 1 aliphatic rings. The van der Waals surface area contributed by atoms with Crippen molar-refractivity contribution in [3.05, 3.63) is 82.5 Å². The van der Waals surface area contributed by atoms with E-state index in [0.29, 0.717) is 22.4 Å². The molecule has 2 aromatic heterocycles. The standard InChI is InChI=1S/C28H28N4O3S2/c1-4-32-25(21-14-20(21)18-8-6-5-7-9-18)30-31-28(32)37-16-23(33)29-26-24(27(34)35-3)22(15-36-26)19-12-10-17(2)11-13-19/h5-13,15,20-21H,4,14,16H2,1-3H3,(H,29,33). The van der Waals surface area contributed by atoms with Gasteiger partial charge in [-0.2, -0.15) is 0 Å². The SMILES string of the molecule is CCn1c(SCC(=O)Nc2scc(-c3ccc(C)cc3)c2C(=O)OC)nnc1C1CC1c1ccccc1. The van der Waals surface area contributed by atoms with E-state index in [0.717, 1.165) is 40.6 Å². The molecule has 1 fully saturated rings. The van der Waals surface area contributed by atoms with Crippen LogP contribution in [0, 0.1) is 6.92 Å². The molecule has 5 rings (SSSR count). The van der Waals surface area contributed by atoms with Crippen LogP contribution < -0.4 is 5.32 Å². The molecule has 0 aliphatic heterocycles. The maximum absolute atomic E-state index is 12.9. The van der Waals surface area contributed by atoms with Gasteiger partial charge in [0, 0.05) is 23.4 Å². The summed E-state index contributed by atoms with van der Waals surface area (Å²) in [4.78, 5) is 25.5. The number of methoxy groups -OCH3 is 1. The minimum atomic E-state index is -0.479. The van der Waals surface area contributed by atoms with Gasteiger partial charge in [-0.15, -0.1) is 21.5 Å². The van der Waals surface area contributed by atoms with Crippen molar-refractivity contribution in [1.82, 2.24) is 14.8 Å². The number of ether oxygens (including phenoxy) is 1. The van der Waals surface area contributed by atoms with E-state index in [2.05, 4.69) is 51.3 Å². The summed E-state index contributed by atoms with van der Waals surface area (Å²) in [5.41, 5.74) is 4.47. The predicted molar refractivity (Wildman–Crippen MR) is 147 cm³/mol. The Hall–Kier alpha value is -3.43. The first kappa shape index (κ1) is 25.2. The zero-order valence-corrected chi connectivity index (χ0v) is 22.6. The highest BCUT2D eigenvalue weighted by atomic mass is 32.2. The Morgan fingerprint density at radius 1 is 1.11 bits per heavy atom. The van der Waals surface area contributed by atoms with Crippen LogP contribution in [0.3, 0.4) is 0 Å². The van der Waals surface area contributed by atoms with E-state index in [9.17, 15) is 9.59 Å². The van der Waals surface area contributed by atoms with Crippen molar-refractivity contribution in [3.8, 4) is 11.1 Å². The molecule has 190 valence electrons. The van der Waals surface area contributed by atoms with Gasteiger partial charge in [0.1, 0.15) is 16.4 Å². The fraction of sp³-hybridized carbons (Fsp3) is 0.286. The summed E-state index contributed by atoms with van der Waals surface area (Å²) < 4.78 is 7.13. The van der Waals surface area contributed by atoms with Gasteiger partial charge in [0.2, 0.25) is 5.91 Å². The largest absolute Gasteiger partial charge is 0.465 e. The third-order valence-electron chi connectivity index (χ3n) is 6.54. The number of hydrogen-bond acceptors (Lipinski definition) is 7. The number of esters is 1. The van der Waals surface area contributed by atoms with Gasteiger partial charge in [-0.05, 0) is 37.3 Å². The van der Waals surface area contributed by atoms with Gasteiger partial charge < -0.3 is 14.6 Å². The molecule has 2 aromatic carbocycles. The summed E-state index contributed by atoms with van der Waals surface area (Å²) in [5.74, 6) is 1.26. The van der Waals surface area contributed by atoms with Gasteiger partial charge in [0.25, 0.3) is 0 Å². The molecule has 37 heavy (non-hydrogen) atoms. The number of aromatic nitrogens is 3. The topological polar surface area (TPSA) is 86.1 Å². The Morgan fingerprint density at radius 2 is 1.86 bits per heavy atom. The Balaban J connectivity index is 1.27. The van der Waals surface area contributed by atoms with Crippen molar-refractivity contribution in [2.45, 2.75) is 43.8 Å². The second-order valence-electron chi connectivity index (χ2n) is 8.99. The lowest BCUT2D eigenvalue weighted by Gasteiger charge is -2.09. The minimum absolute atomic E-state index is 0.156. The number of thiophene rings is 1. The van der Waals surface area contributed by atoms with Crippen LogP contribution in [-0.2, 0) is 16.1 Å². The van der Waals surface area contributed by atoms with Gasteiger partial charge in [-0.3, -0.25) is 4.79 Å². The predicted octanol–water partition coefficient (Wildman–Crippen LogP) is 6.12. The molecule has 0 spiro atoms. The number of carbonyl (C=O) groups excluding carboxylic acids is 2. The van der Waals surface area contributed by atoms with Gasteiger partial charge in [0.05, 0.1) is 12.9 Å². The molecule has 1 N–H and O–H groups in total. The number of aryl methyl sites for hydroxylation is 1. The smallest absolute Gasteiger partial charge is 0.341 e. The summed E-state index contributed by atoms with van der Waals surface area (Å²) in [6.45, 7) is 4.82. The molecule has 0 saturated heterocycles. The van der Waals surface area contributed by atoms with Crippen molar-refractivity contribution in [2.75, 3.05) is 18.2 Å². The number of anilines is 1. The van der Waals surface area contributed by atoms with Crippen molar-refractivity contribution < 1.29 is 14.3 Å². The summed E-state index contributed by atoms with van der Waals surface area (Å²) in [5, 5.41) is 14.9. The molecule has 1 amide bonds.